The van der Waals surface area contributed by atoms with E-state index in [0.717, 1.165) is 28.5 Å². The average molecular weight is 282 g/mol. The van der Waals surface area contributed by atoms with Gasteiger partial charge in [0.05, 0.1) is 11.9 Å². The van der Waals surface area contributed by atoms with Crippen LogP contribution in [0.2, 0.25) is 0 Å². The Balaban J connectivity index is 1.71. The molecule has 3 rings (SSSR count). The van der Waals surface area contributed by atoms with E-state index in [0.29, 0.717) is 6.54 Å². The lowest BCUT2D eigenvalue weighted by molar-refractivity contribution is 0.541. The van der Waals surface area contributed by atoms with Crippen LogP contribution < -0.4 is 5.32 Å². The quantitative estimate of drug-likeness (QED) is 0.754. The number of aryl methyl sites for hydroxylation is 1. The third-order valence-corrected chi connectivity index (χ3v) is 3.43. The first kappa shape index (κ1) is 13.6. The predicted molar refractivity (Wildman–Crippen MR) is 80.5 cm³/mol. The molecule has 0 aliphatic heterocycles. The Morgan fingerprint density at radius 3 is 2.90 bits per heavy atom. The van der Waals surface area contributed by atoms with Gasteiger partial charge in [-0.25, -0.2) is 0 Å². The average Bonchev–Trinajstić information content (AvgIpc) is 3.14. The van der Waals surface area contributed by atoms with Gasteiger partial charge < -0.3 is 9.73 Å². The Morgan fingerprint density at radius 1 is 1.29 bits per heavy atom. The number of H-pyrrole nitrogens is 1. The van der Waals surface area contributed by atoms with Crippen LogP contribution in [0.3, 0.4) is 0 Å². The summed E-state index contributed by atoms with van der Waals surface area (Å²) in [5.41, 5.74) is 3.02. The Labute approximate surface area is 123 Å². The molecule has 0 saturated heterocycles. The molecule has 0 aliphatic rings. The van der Waals surface area contributed by atoms with Gasteiger partial charge in [-0.15, -0.1) is 0 Å². The van der Waals surface area contributed by atoms with Crippen LogP contribution in [0.4, 0.5) is 0 Å². The van der Waals surface area contributed by atoms with Crippen molar-refractivity contribution < 1.29 is 4.42 Å². The highest BCUT2D eigenvalue weighted by Gasteiger charge is 2.12. The zero-order valence-electron chi connectivity index (χ0n) is 12.1. The number of hydrogen-bond donors (Lipinski definition) is 2. The van der Waals surface area contributed by atoms with E-state index in [1.165, 1.54) is 0 Å². The van der Waals surface area contributed by atoms with Crippen LogP contribution in [-0.4, -0.2) is 15.2 Å². The van der Waals surface area contributed by atoms with Gasteiger partial charge in [0, 0.05) is 24.3 Å². The number of aromatic amines is 1. The van der Waals surface area contributed by atoms with Crippen LogP contribution in [0.5, 0.6) is 0 Å². The summed E-state index contributed by atoms with van der Waals surface area (Å²) in [6, 6.07) is 10.0. The Bertz CT molecular complexity index is 702. The van der Waals surface area contributed by atoms with Crippen molar-refractivity contribution in [1.29, 1.82) is 0 Å². The molecular formula is C16H18N4O. The second-order valence-electron chi connectivity index (χ2n) is 5.04. The van der Waals surface area contributed by atoms with Crippen LogP contribution >= 0.6 is 0 Å². The minimum absolute atomic E-state index is 0.173. The Morgan fingerprint density at radius 2 is 2.19 bits per heavy atom. The van der Waals surface area contributed by atoms with Gasteiger partial charge in [-0.05, 0) is 38.1 Å². The summed E-state index contributed by atoms with van der Waals surface area (Å²) in [6.45, 7) is 4.73. The molecule has 0 bridgehead atoms. The summed E-state index contributed by atoms with van der Waals surface area (Å²) in [5, 5.41) is 10.6. The van der Waals surface area contributed by atoms with Gasteiger partial charge in [0.15, 0.2) is 5.76 Å². The summed E-state index contributed by atoms with van der Waals surface area (Å²) in [4.78, 5) is 4.36. The maximum Gasteiger partial charge on any atom is 0.152 e. The molecule has 108 valence electrons. The third kappa shape index (κ3) is 3.03. The number of nitrogens with one attached hydrogen (secondary N) is 2. The second-order valence-corrected chi connectivity index (χ2v) is 5.04. The highest BCUT2D eigenvalue weighted by molar-refractivity contribution is 5.56. The van der Waals surface area contributed by atoms with E-state index >= 15 is 0 Å². The minimum atomic E-state index is 0.173. The van der Waals surface area contributed by atoms with Crippen LogP contribution in [-0.2, 0) is 6.54 Å². The first-order chi connectivity index (χ1) is 10.2. The largest absolute Gasteiger partial charge is 0.460 e. The van der Waals surface area contributed by atoms with Gasteiger partial charge in [-0.2, -0.15) is 5.10 Å². The van der Waals surface area contributed by atoms with Gasteiger partial charge in [-0.1, -0.05) is 6.07 Å². The second kappa shape index (κ2) is 5.93. The van der Waals surface area contributed by atoms with Crippen molar-refractivity contribution in [3.05, 3.63) is 59.7 Å². The first-order valence-corrected chi connectivity index (χ1v) is 6.97. The first-order valence-electron chi connectivity index (χ1n) is 6.97. The Kier molecular flexibility index (Phi) is 3.83. The van der Waals surface area contributed by atoms with Crippen molar-refractivity contribution in [3.8, 4) is 11.5 Å². The summed E-state index contributed by atoms with van der Waals surface area (Å²) in [5.74, 6) is 1.70. The van der Waals surface area contributed by atoms with Crippen molar-refractivity contribution in [3.63, 3.8) is 0 Å². The van der Waals surface area contributed by atoms with Crippen molar-refractivity contribution in [2.24, 2.45) is 0 Å². The highest BCUT2D eigenvalue weighted by atomic mass is 16.3. The maximum absolute atomic E-state index is 5.65. The molecule has 0 saturated carbocycles. The molecule has 0 aliphatic carbocycles. The number of furan rings is 1. The lowest BCUT2D eigenvalue weighted by Gasteiger charge is -2.12. The molecule has 0 amide bonds. The maximum atomic E-state index is 5.65. The summed E-state index contributed by atoms with van der Waals surface area (Å²) < 4.78 is 5.65. The number of pyridine rings is 1. The molecule has 3 heterocycles. The molecule has 5 heteroatoms. The van der Waals surface area contributed by atoms with Gasteiger partial charge in [-0.3, -0.25) is 10.1 Å². The van der Waals surface area contributed by atoms with Crippen molar-refractivity contribution in [2.75, 3.05) is 0 Å². The van der Waals surface area contributed by atoms with Crippen molar-refractivity contribution in [2.45, 2.75) is 26.4 Å². The monoisotopic (exact) mass is 282 g/mol. The third-order valence-electron chi connectivity index (χ3n) is 3.43. The molecule has 0 fully saturated rings. The zero-order chi connectivity index (χ0) is 14.7. The topological polar surface area (TPSA) is 66.7 Å². The molecule has 0 radical (unpaired) electrons. The molecular weight excluding hydrogens is 264 g/mol. The molecule has 0 aromatic carbocycles. The standard InChI is InChI=1S/C16H18N4O/c1-11-6-7-15(21-11)16-13(10-19-20-16)9-18-12(2)14-5-3-4-8-17-14/h3-8,10,12,18H,9H2,1-2H3,(H,19,20)/t12-/m1/s1. The lowest BCUT2D eigenvalue weighted by atomic mass is 10.1. The van der Waals surface area contributed by atoms with Crippen LogP contribution in [0.25, 0.3) is 11.5 Å². The van der Waals surface area contributed by atoms with Crippen molar-refractivity contribution in [1.82, 2.24) is 20.5 Å². The lowest BCUT2D eigenvalue weighted by Crippen LogP contribution is -2.19. The number of nitrogens with zero attached hydrogens (tertiary/aromatic N) is 2. The van der Waals surface area contributed by atoms with E-state index in [9.17, 15) is 0 Å². The van der Waals surface area contributed by atoms with E-state index < -0.39 is 0 Å². The van der Waals surface area contributed by atoms with E-state index in [2.05, 4.69) is 27.4 Å². The fourth-order valence-electron chi connectivity index (χ4n) is 2.23. The van der Waals surface area contributed by atoms with E-state index in [4.69, 9.17) is 4.42 Å². The van der Waals surface area contributed by atoms with E-state index in [1.54, 1.807) is 0 Å². The van der Waals surface area contributed by atoms with E-state index in [-0.39, 0.29) is 6.04 Å². The van der Waals surface area contributed by atoms with Gasteiger partial charge in [0.1, 0.15) is 11.5 Å². The molecule has 3 aromatic heterocycles. The molecule has 0 unspecified atom stereocenters. The SMILES string of the molecule is Cc1ccc(-c2[nH]ncc2CN[C@H](C)c2ccccn2)o1. The van der Waals surface area contributed by atoms with Gasteiger partial charge >= 0.3 is 0 Å². The summed E-state index contributed by atoms with van der Waals surface area (Å²) in [6.07, 6.45) is 3.63. The van der Waals surface area contributed by atoms with Gasteiger partial charge in [0.25, 0.3) is 0 Å². The van der Waals surface area contributed by atoms with Crippen molar-refractivity contribution >= 4 is 0 Å². The normalized spacial score (nSPS) is 12.5. The number of aromatic nitrogens is 3. The Hall–Kier alpha value is -2.40. The smallest absolute Gasteiger partial charge is 0.152 e. The van der Waals surface area contributed by atoms with Crippen LogP contribution in [0, 0.1) is 6.92 Å². The van der Waals surface area contributed by atoms with E-state index in [1.807, 2.05) is 49.6 Å². The highest BCUT2D eigenvalue weighted by Crippen LogP contribution is 2.23. The molecule has 1 atom stereocenters. The van der Waals surface area contributed by atoms with Crippen LogP contribution in [0.1, 0.15) is 30.0 Å². The number of rotatable bonds is 5. The zero-order valence-corrected chi connectivity index (χ0v) is 12.1. The molecule has 21 heavy (non-hydrogen) atoms. The predicted octanol–water partition coefficient (Wildman–Crippen LogP) is 3.22. The summed E-state index contributed by atoms with van der Waals surface area (Å²) in [7, 11) is 0. The molecule has 0 spiro atoms. The minimum Gasteiger partial charge on any atom is -0.460 e. The fourth-order valence-corrected chi connectivity index (χ4v) is 2.23. The summed E-state index contributed by atoms with van der Waals surface area (Å²) >= 11 is 0. The van der Waals surface area contributed by atoms with Crippen LogP contribution in [0.15, 0.2) is 47.1 Å². The number of hydrogen-bond acceptors (Lipinski definition) is 4. The van der Waals surface area contributed by atoms with Gasteiger partial charge in [0.2, 0.25) is 0 Å². The fraction of sp³-hybridized carbons (Fsp3) is 0.250. The molecule has 3 aromatic rings. The molecule has 5 nitrogen and oxygen atoms in total. The molecule has 2 N–H and O–H groups in total.